The van der Waals surface area contributed by atoms with Crippen LogP contribution < -0.4 is 14.3 Å². The molecular weight excluding hydrogens is 337 g/mol. The highest BCUT2D eigenvalue weighted by molar-refractivity contribution is 7.92. The Morgan fingerprint density at radius 3 is 2.83 bits per heavy atom. The number of aromatic hydroxyl groups is 1. The average Bonchev–Trinajstić information content (AvgIpc) is 3.06. The molecule has 2 fully saturated rings. The fourth-order valence-corrected chi connectivity index (χ4v) is 4.17. The van der Waals surface area contributed by atoms with Crippen molar-refractivity contribution in [3.05, 3.63) is 29.1 Å². The topological polar surface area (TPSA) is 98.7 Å². The van der Waals surface area contributed by atoms with E-state index in [1.54, 1.807) is 10.8 Å². The van der Waals surface area contributed by atoms with E-state index >= 15 is 0 Å². The molecule has 1 aromatic carbocycles. The van der Waals surface area contributed by atoms with Crippen LogP contribution in [0.4, 0.5) is 10.1 Å². The summed E-state index contributed by atoms with van der Waals surface area (Å²) >= 11 is 0. The van der Waals surface area contributed by atoms with Gasteiger partial charge in [-0.1, -0.05) is 18.6 Å². The number of rotatable bonds is 3. The number of anilines is 1. The van der Waals surface area contributed by atoms with Gasteiger partial charge in [0.2, 0.25) is 0 Å². The van der Waals surface area contributed by atoms with Crippen LogP contribution in [0.3, 0.4) is 0 Å². The van der Waals surface area contributed by atoms with Crippen LogP contribution in [-0.2, 0) is 15.0 Å². The van der Waals surface area contributed by atoms with E-state index < -0.39 is 39.9 Å². The van der Waals surface area contributed by atoms with Crippen molar-refractivity contribution in [2.75, 3.05) is 23.9 Å². The minimum Gasteiger partial charge on any atom is -0.506 e. The largest absolute Gasteiger partial charge is 0.506 e. The van der Waals surface area contributed by atoms with Crippen LogP contribution in [0.25, 0.3) is 6.08 Å². The van der Waals surface area contributed by atoms with Gasteiger partial charge in [-0.25, -0.2) is 13.4 Å². The van der Waals surface area contributed by atoms with Gasteiger partial charge < -0.3 is 10.4 Å². The van der Waals surface area contributed by atoms with Gasteiger partial charge in [0.15, 0.2) is 5.82 Å². The second kappa shape index (κ2) is 6.06. The number of benzene rings is 1. The lowest BCUT2D eigenvalue weighted by atomic mass is 9.97. The third kappa shape index (κ3) is 2.84. The summed E-state index contributed by atoms with van der Waals surface area (Å²) in [5.41, 5.74) is 0.683. The molecule has 0 spiro atoms. The summed E-state index contributed by atoms with van der Waals surface area (Å²) in [5, 5.41) is 13.1. The number of hydrogen-bond acceptors (Lipinski definition) is 5. The lowest BCUT2D eigenvalue weighted by Crippen LogP contribution is -2.30. The molecule has 1 atom stereocenters. The summed E-state index contributed by atoms with van der Waals surface area (Å²) < 4.78 is 41.0. The Bertz CT molecular complexity index is 822. The van der Waals surface area contributed by atoms with E-state index in [0.29, 0.717) is 16.8 Å². The predicted molar refractivity (Wildman–Crippen MR) is 87.1 cm³/mol. The van der Waals surface area contributed by atoms with Crippen LogP contribution in [0.1, 0.15) is 18.9 Å². The summed E-state index contributed by atoms with van der Waals surface area (Å²) in [7, 11) is -4.19. The molecule has 3 rings (SSSR count). The van der Waals surface area contributed by atoms with Gasteiger partial charge in [-0.2, -0.15) is 8.42 Å². The van der Waals surface area contributed by atoms with E-state index in [4.69, 9.17) is 0 Å². The van der Waals surface area contributed by atoms with Crippen molar-refractivity contribution in [2.24, 2.45) is 5.92 Å². The number of carbonyl (C=O) groups is 1. The zero-order valence-electron chi connectivity index (χ0n) is 13.0. The van der Waals surface area contributed by atoms with Crippen molar-refractivity contribution in [2.45, 2.75) is 13.3 Å². The van der Waals surface area contributed by atoms with Gasteiger partial charge in [-0.15, -0.1) is 0 Å². The first-order valence-electron chi connectivity index (χ1n) is 7.59. The molecule has 7 nitrogen and oxygen atoms in total. The van der Waals surface area contributed by atoms with Crippen molar-refractivity contribution in [3.8, 4) is 5.75 Å². The van der Waals surface area contributed by atoms with Gasteiger partial charge >= 0.3 is 10.2 Å². The maximum absolute atomic E-state index is 14.9. The monoisotopic (exact) mass is 355 g/mol. The van der Waals surface area contributed by atoms with Gasteiger partial charge in [0, 0.05) is 18.7 Å². The van der Waals surface area contributed by atoms with E-state index in [0.717, 1.165) is 18.5 Å². The van der Waals surface area contributed by atoms with Crippen molar-refractivity contribution < 1.29 is 22.7 Å². The molecule has 1 amide bonds. The van der Waals surface area contributed by atoms with Crippen molar-refractivity contribution in [1.82, 2.24) is 10.0 Å². The summed E-state index contributed by atoms with van der Waals surface area (Å²) in [5.74, 6) is -1.89. The molecule has 2 heterocycles. The van der Waals surface area contributed by atoms with Crippen molar-refractivity contribution >= 4 is 27.9 Å². The molecule has 130 valence electrons. The molecule has 24 heavy (non-hydrogen) atoms. The van der Waals surface area contributed by atoms with E-state index in [9.17, 15) is 22.7 Å². The summed E-state index contributed by atoms with van der Waals surface area (Å²) in [6.07, 6.45) is 2.58. The zero-order chi connectivity index (χ0) is 17.5. The first-order chi connectivity index (χ1) is 11.3. The second-order valence-corrected chi connectivity index (χ2v) is 7.42. The normalized spacial score (nSPS) is 24.6. The van der Waals surface area contributed by atoms with Gasteiger partial charge in [0.1, 0.15) is 18.0 Å². The van der Waals surface area contributed by atoms with Crippen LogP contribution in [-0.4, -0.2) is 39.1 Å². The van der Waals surface area contributed by atoms with Crippen LogP contribution in [0.15, 0.2) is 17.7 Å². The Kier molecular flexibility index (Phi) is 4.22. The number of phenols is 1. The number of amides is 1. The number of hydrogen-bond donors (Lipinski definition) is 3. The Morgan fingerprint density at radius 2 is 2.21 bits per heavy atom. The number of nitrogens with zero attached hydrogens (tertiary/aromatic N) is 1. The quantitative estimate of drug-likeness (QED) is 0.742. The van der Waals surface area contributed by atoms with E-state index in [-0.39, 0.29) is 5.56 Å². The van der Waals surface area contributed by atoms with Gasteiger partial charge in [-0.05, 0) is 24.5 Å². The molecule has 1 unspecified atom stereocenters. The van der Waals surface area contributed by atoms with Gasteiger partial charge in [0.05, 0.1) is 0 Å². The third-order valence-corrected chi connectivity index (χ3v) is 5.65. The third-order valence-electron chi connectivity index (χ3n) is 4.27. The van der Waals surface area contributed by atoms with E-state index in [1.165, 1.54) is 12.1 Å². The molecule has 2 saturated heterocycles. The maximum Gasteiger partial charge on any atom is 0.326 e. The lowest BCUT2D eigenvalue weighted by molar-refractivity contribution is -0.117. The van der Waals surface area contributed by atoms with Gasteiger partial charge in [-0.3, -0.25) is 4.79 Å². The number of carbonyl (C=O) groups excluding carboxylic acids is 1. The van der Waals surface area contributed by atoms with E-state index in [1.807, 2.05) is 6.92 Å². The first-order valence-corrected chi connectivity index (χ1v) is 9.03. The Labute approximate surface area is 139 Å². The maximum atomic E-state index is 14.9. The molecule has 2 aliphatic heterocycles. The van der Waals surface area contributed by atoms with Crippen LogP contribution in [0.2, 0.25) is 0 Å². The predicted octanol–water partition coefficient (Wildman–Crippen LogP) is 0.725. The molecule has 2 aliphatic rings. The summed E-state index contributed by atoms with van der Waals surface area (Å²) in [6, 6.07) is 2.62. The highest BCUT2D eigenvalue weighted by Crippen LogP contribution is 2.36. The fraction of sp³-hybridized carbons (Fsp3) is 0.400. The SMILES string of the molecule is CCC1CNC/C1=C\c1ccc(O)c(N2CC(=O)NS2(=O)=O)c1F. The Morgan fingerprint density at radius 1 is 1.46 bits per heavy atom. The molecule has 3 N–H and O–H groups in total. The molecule has 0 radical (unpaired) electrons. The Hall–Kier alpha value is -2.13. The van der Waals surface area contributed by atoms with Crippen LogP contribution in [0.5, 0.6) is 5.75 Å². The lowest BCUT2D eigenvalue weighted by Gasteiger charge is -2.18. The summed E-state index contributed by atoms with van der Waals surface area (Å²) in [4.78, 5) is 11.4. The second-order valence-electron chi connectivity index (χ2n) is 5.83. The number of nitrogens with one attached hydrogen (secondary N) is 2. The van der Waals surface area contributed by atoms with Gasteiger partial charge in [0.25, 0.3) is 5.91 Å². The molecule has 0 saturated carbocycles. The minimum atomic E-state index is -4.19. The molecule has 0 aliphatic carbocycles. The van der Waals surface area contributed by atoms with Crippen molar-refractivity contribution in [1.29, 1.82) is 0 Å². The smallest absolute Gasteiger partial charge is 0.326 e. The highest BCUT2D eigenvalue weighted by Gasteiger charge is 2.37. The molecule has 0 aromatic heterocycles. The first kappa shape index (κ1) is 16.7. The number of halogens is 1. The van der Waals surface area contributed by atoms with Crippen LogP contribution in [0, 0.1) is 11.7 Å². The molecule has 0 bridgehead atoms. The summed E-state index contributed by atoms with van der Waals surface area (Å²) in [6.45, 7) is 2.92. The highest BCUT2D eigenvalue weighted by atomic mass is 32.2. The average molecular weight is 355 g/mol. The minimum absolute atomic E-state index is 0.175. The van der Waals surface area contributed by atoms with Crippen LogP contribution >= 0.6 is 0 Å². The molecule has 9 heteroatoms. The number of phenolic OH excluding ortho intramolecular Hbond substituents is 1. The zero-order valence-corrected chi connectivity index (χ0v) is 13.9. The fourth-order valence-electron chi connectivity index (χ4n) is 3.01. The van der Waals surface area contributed by atoms with Crippen molar-refractivity contribution in [3.63, 3.8) is 0 Å². The standard InChI is InChI=1S/C15H18FN3O4S/c1-2-9-6-17-7-11(9)5-10-3-4-12(20)15(14(10)16)19-8-13(21)18-24(19,22)23/h3-5,9,17,20H,2,6-8H2,1H3,(H,18,21)/b11-5+. The molecular formula is C15H18FN3O4S. The molecule has 1 aromatic rings. The Balaban J connectivity index is 2.06. The van der Waals surface area contributed by atoms with E-state index in [2.05, 4.69) is 5.32 Å².